The molecular formula is C30H29N5O2. The Kier molecular flexibility index (Phi) is 5.90. The van der Waals surface area contributed by atoms with E-state index in [1.165, 1.54) is 12.8 Å². The molecule has 1 atom stereocenters. The van der Waals surface area contributed by atoms with E-state index in [2.05, 4.69) is 39.5 Å². The molecule has 1 fully saturated rings. The molecule has 0 spiro atoms. The van der Waals surface area contributed by atoms with Gasteiger partial charge in [-0.1, -0.05) is 18.2 Å². The molecule has 4 aromatic rings. The van der Waals surface area contributed by atoms with Crippen molar-refractivity contribution < 1.29 is 9.53 Å². The second kappa shape index (κ2) is 9.38. The molecule has 4 heterocycles. The third kappa shape index (κ3) is 4.24. The molecule has 0 N–H and O–H groups in total. The number of carbonyl (C=O) groups is 1. The second-order valence-electron chi connectivity index (χ2n) is 10.2. The van der Waals surface area contributed by atoms with Crippen LogP contribution in [0.5, 0.6) is 5.75 Å². The Bertz CT molecular complexity index is 1530. The highest BCUT2D eigenvalue weighted by atomic mass is 16.5. The smallest absolute Gasteiger partial charge is 0.254 e. The number of carbonyl (C=O) groups excluding carboxylic acids is 1. The van der Waals surface area contributed by atoms with E-state index in [0.717, 1.165) is 57.9 Å². The SMILES string of the molecule is CN1CCC[C@@H](COc2cc(-c3ccc(C#N)cc3)c(-c3ccc4c(c3)CN(C)C4=O)n3cncc23)C1. The van der Waals surface area contributed by atoms with Gasteiger partial charge in [0, 0.05) is 37.2 Å². The van der Waals surface area contributed by atoms with Crippen molar-refractivity contribution in [3.8, 4) is 34.2 Å². The number of imidazole rings is 1. The van der Waals surface area contributed by atoms with Crippen molar-refractivity contribution in [2.75, 3.05) is 33.8 Å². The molecule has 0 aliphatic carbocycles. The van der Waals surface area contributed by atoms with E-state index in [-0.39, 0.29) is 5.91 Å². The van der Waals surface area contributed by atoms with Crippen molar-refractivity contribution in [1.29, 1.82) is 5.26 Å². The normalized spacial score (nSPS) is 17.7. The van der Waals surface area contributed by atoms with Crippen molar-refractivity contribution >= 4 is 11.4 Å². The zero-order valence-electron chi connectivity index (χ0n) is 21.1. The topological polar surface area (TPSA) is 73.9 Å². The maximum atomic E-state index is 12.5. The Morgan fingerprint density at radius 2 is 1.89 bits per heavy atom. The summed E-state index contributed by atoms with van der Waals surface area (Å²) in [4.78, 5) is 21.1. The van der Waals surface area contributed by atoms with E-state index in [0.29, 0.717) is 24.6 Å². The summed E-state index contributed by atoms with van der Waals surface area (Å²) in [6.07, 6.45) is 6.03. The monoisotopic (exact) mass is 491 g/mol. The number of likely N-dealkylation sites (tertiary alicyclic amines) is 1. The fourth-order valence-electron chi connectivity index (χ4n) is 5.64. The van der Waals surface area contributed by atoms with E-state index in [1.54, 1.807) is 4.90 Å². The van der Waals surface area contributed by atoms with E-state index >= 15 is 0 Å². The number of nitriles is 1. The van der Waals surface area contributed by atoms with Gasteiger partial charge in [-0.2, -0.15) is 5.26 Å². The maximum Gasteiger partial charge on any atom is 0.254 e. The number of ether oxygens (including phenoxy) is 1. The third-order valence-corrected chi connectivity index (χ3v) is 7.55. The molecule has 2 aromatic carbocycles. The van der Waals surface area contributed by atoms with Gasteiger partial charge >= 0.3 is 0 Å². The predicted molar refractivity (Wildman–Crippen MR) is 142 cm³/mol. The lowest BCUT2D eigenvalue weighted by molar-refractivity contribution is 0.0816. The Balaban J connectivity index is 1.48. The number of nitrogens with zero attached hydrogens (tertiary/aromatic N) is 5. The first-order valence-corrected chi connectivity index (χ1v) is 12.7. The summed E-state index contributed by atoms with van der Waals surface area (Å²) in [6.45, 7) is 3.43. The van der Waals surface area contributed by atoms with Gasteiger partial charge in [0.05, 0.1) is 36.5 Å². The second-order valence-corrected chi connectivity index (χ2v) is 10.2. The quantitative estimate of drug-likeness (QED) is 0.399. The molecule has 2 aliphatic rings. The minimum atomic E-state index is 0.0544. The molecule has 0 bridgehead atoms. The molecule has 7 nitrogen and oxygen atoms in total. The van der Waals surface area contributed by atoms with Crippen molar-refractivity contribution in [3.63, 3.8) is 0 Å². The summed E-state index contributed by atoms with van der Waals surface area (Å²) in [5.41, 5.74) is 7.26. The Labute approximate surface area is 216 Å². The molecule has 37 heavy (non-hydrogen) atoms. The Hall–Kier alpha value is -4.15. The average molecular weight is 492 g/mol. The number of piperidine rings is 1. The van der Waals surface area contributed by atoms with Crippen molar-refractivity contribution in [1.82, 2.24) is 19.2 Å². The fraction of sp³-hybridized carbons (Fsp3) is 0.300. The van der Waals surface area contributed by atoms with Gasteiger partial charge in [-0.15, -0.1) is 0 Å². The van der Waals surface area contributed by atoms with Gasteiger partial charge in [-0.3, -0.25) is 9.20 Å². The number of amides is 1. The van der Waals surface area contributed by atoms with Gasteiger partial charge in [0.1, 0.15) is 11.3 Å². The van der Waals surface area contributed by atoms with E-state index in [9.17, 15) is 10.1 Å². The van der Waals surface area contributed by atoms with Crippen LogP contribution in [0, 0.1) is 17.2 Å². The Morgan fingerprint density at radius 3 is 2.68 bits per heavy atom. The largest absolute Gasteiger partial charge is 0.491 e. The number of hydrogen-bond acceptors (Lipinski definition) is 5. The summed E-state index contributed by atoms with van der Waals surface area (Å²) in [5, 5.41) is 9.32. The summed E-state index contributed by atoms with van der Waals surface area (Å²) in [6, 6.07) is 18.0. The zero-order valence-corrected chi connectivity index (χ0v) is 21.1. The van der Waals surface area contributed by atoms with Gasteiger partial charge in [0.15, 0.2) is 0 Å². The standard InChI is InChI=1S/C30H29N5O2/c1-33-11-3-4-21(16-33)18-37-28-13-26(22-7-5-20(14-31)6-8-22)29(35-19-32-15-27(28)35)23-9-10-25-24(12-23)17-34(2)30(25)36/h5-10,12-13,15,19,21H,3-4,11,16-18H2,1-2H3/t21-/m1/s1. The van der Waals surface area contributed by atoms with Gasteiger partial charge in [-0.25, -0.2) is 4.98 Å². The molecule has 0 radical (unpaired) electrons. The van der Waals surface area contributed by atoms with Gasteiger partial charge in [0.2, 0.25) is 0 Å². The lowest BCUT2D eigenvalue weighted by Crippen LogP contribution is -2.34. The van der Waals surface area contributed by atoms with Crippen LogP contribution < -0.4 is 4.74 Å². The first kappa shape index (κ1) is 23.3. The number of fused-ring (bicyclic) bond motifs is 2. The van der Waals surface area contributed by atoms with E-state index in [4.69, 9.17) is 4.74 Å². The van der Waals surface area contributed by atoms with Crippen LogP contribution in [0.4, 0.5) is 0 Å². The first-order chi connectivity index (χ1) is 18.0. The van der Waals surface area contributed by atoms with Crippen LogP contribution in [-0.2, 0) is 6.54 Å². The average Bonchev–Trinajstić information content (AvgIpc) is 3.51. The maximum absolute atomic E-state index is 12.5. The highest BCUT2D eigenvalue weighted by Gasteiger charge is 2.26. The Morgan fingerprint density at radius 1 is 1.08 bits per heavy atom. The third-order valence-electron chi connectivity index (χ3n) is 7.55. The van der Waals surface area contributed by atoms with Crippen molar-refractivity contribution in [2.24, 2.45) is 5.92 Å². The zero-order chi connectivity index (χ0) is 25.5. The number of benzene rings is 2. The van der Waals surface area contributed by atoms with Gasteiger partial charge in [-0.05, 0) is 73.5 Å². The molecule has 6 rings (SSSR count). The van der Waals surface area contributed by atoms with Gasteiger partial charge < -0.3 is 14.5 Å². The van der Waals surface area contributed by atoms with Crippen LogP contribution in [-0.4, -0.2) is 58.9 Å². The molecule has 1 saturated heterocycles. The fourth-order valence-corrected chi connectivity index (χ4v) is 5.64. The molecule has 186 valence electrons. The van der Waals surface area contributed by atoms with Crippen LogP contribution in [0.15, 0.2) is 61.1 Å². The summed E-state index contributed by atoms with van der Waals surface area (Å²) >= 11 is 0. The summed E-state index contributed by atoms with van der Waals surface area (Å²) in [5.74, 6) is 1.34. The van der Waals surface area contributed by atoms with Gasteiger partial charge in [0.25, 0.3) is 5.91 Å². The van der Waals surface area contributed by atoms with Crippen LogP contribution >= 0.6 is 0 Å². The van der Waals surface area contributed by atoms with Crippen LogP contribution in [0.2, 0.25) is 0 Å². The molecule has 0 saturated carbocycles. The molecule has 0 unspecified atom stereocenters. The van der Waals surface area contributed by atoms with Crippen molar-refractivity contribution in [3.05, 3.63) is 77.7 Å². The number of aromatic nitrogens is 2. The molecule has 2 aromatic heterocycles. The molecule has 2 aliphatic heterocycles. The molecule has 1 amide bonds. The number of pyridine rings is 1. The number of rotatable bonds is 5. The van der Waals surface area contributed by atoms with Crippen LogP contribution in [0.25, 0.3) is 27.9 Å². The first-order valence-electron chi connectivity index (χ1n) is 12.7. The highest BCUT2D eigenvalue weighted by molar-refractivity contribution is 5.99. The van der Waals surface area contributed by atoms with Crippen molar-refractivity contribution in [2.45, 2.75) is 19.4 Å². The molecule has 7 heteroatoms. The predicted octanol–water partition coefficient (Wildman–Crippen LogP) is 4.85. The lowest BCUT2D eigenvalue weighted by atomic mass is 9.95. The van der Waals surface area contributed by atoms with Crippen LogP contribution in [0.1, 0.15) is 34.3 Å². The highest BCUT2D eigenvalue weighted by Crippen LogP contribution is 2.39. The van der Waals surface area contributed by atoms with E-state index < -0.39 is 0 Å². The summed E-state index contributed by atoms with van der Waals surface area (Å²) < 4.78 is 8.56. The minimum Gasteiger partial charge on any atom is -0.491 e. The minimum absolute atomic E-state index is 0.0544. The lowest BCUT2D eigenvalue weighted by Gasteiger charge is -2.29. The van der Waals surface area contributed by atoms with Crippen LogP contribution in [0.3, 0.4) is 0 Å². The summed E-state index contributed by atoms with van der Waals surface area (Å²) in [7, 11) is 4.00. The number of hydrogen-bond donors (Lipinski definition) is 0. The van der Waals surface area contributed by atoms with E-state index in [1.807, 2.05) is 56.0 Å². The molecular weight excluding hydrogens is 462 g/mol.